The predicted octanol–water partition coefficient (Wildman–Crippen LogP) is 2.74. The molecule has 0 spiro atoms. The summed E-state index contributed by atoms with van der Waals surface area (Å²) in [6.45, 7) is 9.62. The smallest absolute Gasteiger partial charge is 0.0658 e. The van der Waals surface area contributed by atoms with Gasteiger partial charge in [0, 0.05) is 24.7 Å². The molecule has 2 aliphatic rings. The number of hydrogen-bond donors (Lipinski definition) is 1. The van der Waals surface area contributed by atoms with Gasteiger partial charge in [0.25, 0.3) is 0 Å². The van der Waals surface area contributed by atoms with E-state index in [1.165, 1.54) is 25.7 Å². The largest absolute Gasteiger partial charge is 0.378 e. The molecule has 1 saturated carbocycles. The van der Waals surface area contributed by atoms with E-state index in [0.29, 0.717) is 23.7 Å². The second-order valence-electron chi connectivity index (χ2n) is 5.97. The van der Waals surface area contributed by atoms with Crippen LogP contribution >= 0.6 is 0 Å². The van der Waals surface area contributed by atoms with E-state index < -0.39 is 0 Å². The fourth-order valence-electron chi connectivity index (χ4n) is 3.36. The SMILES string of the molecule is CCOC1CC(NCCC2CCCO2)C1(C)CC. The summed E-state index contributed by atoms with van der Waals surface area (Å²) in [6.07, 6.45) is 6.97. The van der Waals surface area contributed by atoms with Crippen LogP contribution in [0.1, 0.15) is 52.9 Å². The standard InChI is InChI=1S/C15H29NO2/c1-4-15(3)13(11-14(15)17-5-2)16-9-8-12-7-6-10-18-12/h12-14,16H,4-11H2,1-3H3. The minimum Gasteiger partial charge on any atom is -0.378 e. The zero-order valence-corrected chi connectivity index (χ0v) is 12.2. The highest BCUT2D eigenvalue weighted by atomic mass is 16.5. The van der Waals surface area contributed by atoms with Crippen LogP contribution in [0.3, 0.4) is 0 Å². The molecule has 4 unspecified atom stereocenters. The lowest BCUT2D eigenvalue weighted by atomic mass is 9.61. The molecule has 1 N–H and O–H groups in total. The lowest BCUT2D eigenvalue weighted by Crippen LogP contribution is -2.62. The Kier molecular flexibility index (Phi) is 5.05. The van der Waals surface area contributed by atoms with E-state index in [-0.39, 0.29) is 0 Å². The van der Waals surface area contributed by atoms with Crippen molar-refractivity contribution in [2.75, 3.05) is 19.8 Å². The fourth-order valence-corrected chi connectivity index (χ4v) is 3.36. The Labute approximate surface area is 112 Å². The molecule has 3 heteroatoms. The lowest BCUT2D eigenvalue weighted by Gasteiger charge is -2.54. The molecule has 0 radical (unpaired) electrons. The van der Waals surface area contributed by atoms with Gasteiger partial charge in [-0.1, -0.05) is 13.8 Å². The van der Waals surface area contributed by atoms with Crippen molar-refractivity contribution in [3.8, 4) is 0 Å². The van der Waals surface area contributed by atoms with Crippen LogP contribution in [0.5, 0.6) is 0 Å². The molecule has 106 valence electrons. The second-order valence-corrected chi connectivity index (χ2v) is 5.97. The predicted molar refractivity (Wildman–Crippen MR) is 73.8 cm³/mol. The average Bonchev–Trinajstić information content (AvgIpc) is 2.89. The third kappa shape index (κ3) is 2.89. The van der Waals surface area contributed by atoms with E-state index in [1.807, 2.05) is 0 Å². The van der Waals surface area contributed by atoms with E-state index in [1.54, 1.807) is 0 Å². The molecule has 0 aromatic heterocycles. The minimum atomic E-state index is 0.326. The van der Waals surface area contributed by atoms with Crippen LogP contribution in [-0.2, 0) is 9.47 Å². The summed E-state index contributed by atoms with van der Waals surface area (Å²) in [5, 5.41) is 3.72. The average molecular weight is 255 g/mol. The molecule has 18 heavy (non-hydrogen) atoms. The highest BCUT2D eigenvalue weighted by Crippen LogP contribution is 2.45. The molecule has 1 heterocycles. The summed E-state index contributed by atoms with van der Waals surface area (Å²) in [5.74, 6) is 0. The van der Waals surface area contributed by atoms with Crippen LogP contribution in [0.15, 0.2) is 0 Å². The molecule has 2 fully saturated rings. The Morgan fingerprint density at radius 3 is 2.83 bits per heavy atom. The monoisotopic (exact) mass is 255 g/mol. The van der Waals surface area contributed by atoms with Gasteiger partial charge in [-0.25, -0.2) is 0 Å². The zero-order chi connectivity index (χ0) is 13.0. The fraction of sp³-hybridized carbons (Fsp3) is 1.00. The third-order valence-corrected chi connectivity index (χ3v) is 4.99. The molecular weight excluding hydrogens is 226 g/mol. The van der Waals surface area contributed by atoms with Gasteiger partial charge in [0.1, 0.15) is 0 Å². The molecule has 1 aliphatic heterocycles. The van der Waals surface area contributed by atoms with Crippen molar-refractivity contribution in [2.24, 2.45) is 5.41 Å². The van der Waals surface area contributed by atoms with Crippen LogP contribution in [0.25, 0.3) is 0 Å². The van der Waals surface area contributed by atoms with Gasteiger partial charge in [0.2, 0.25) is 0 Å². The maximum Gasteiger partial charge on any atom is 0.0658 e. The quantitative estimate of drug-likeness (QED) is 0.759. The van der Waals surface area contributed by atoms with Crippen molar-refractivity contribution in [1.29, 1.82) is 0 Å². The van der Waals surface area contributed by atoms with Crippen LogP contribution in [0, 0.1) is 5.41 Å². The Hall–Kier alpha value is -0.120. The van der Waals surface area contributed by atoms with Crippen molar-refractivity contribution in [3.05, 3.63) is 0 Å². The van der Waals surface area contributed by atoms with Gasteiger partial charge in [-0.15, -0.1) is 0 Å². The first-order chi connectivity index (χ1) is 8.70. The molecule has 3 nitrogen and oxygen atoms in total. The Morgan fingerprint density at radius 2 is 2.22 bits per heavy atom. The normalized spacial score (nSPS) is 39.8. The van der Waals surface area contributed by atoms with Crippen LogP contribution in [0.2, 0.25) is 0 Å². The first-order valence-corrected chi connectivity index (χ1v) is 7.67. The Bertz CT molecular complexity index is 253. The van der Waals surface area contributed by atoms with Crippen LogP contribution in [0.4, 0.5) is 0 Å². The van der Waals surface area contributed by atoms with E-state index in [4.69, 9.17) is 9.47 Å². The van der Waals surface area contributed by atoms with Gasteiger partial charge in [-0.05, 0) is 45.6 Å². The van der Waals surface area contributed by atoms with Crippen molar-refractivity contribution in [2.45, 2.75) is 71.1 Å². The van der Waals surface area contributed by atoms with Crippen molar-refractivity contribution >= 4 is 0 Å². The maximum absolute atomic E-state index is 5.83. The molecule has 4 atom stereocenters. The molecule has 0 aromatic rings. The van der Waals surface area contributed by atoms with E-state index >= 15 is 0 Å². The topological polar surface area (TPSA) is 30.5 Å². The molecular formula is C15H29NO2. The van der Waals surface area contributed by atoms with Gasteiger partial charge in [0.15, 0.2) is 0 Å². The van der Waals surface area contributed by atoms with Gasteiger partial charge >= 0.3 is 0 Å². The van der Waals surface area contributed by atoms with Crippen LogP contribution in [-0.4, -0.2) is 38.0 Å². The Morgan fingerprint density at radius 1 is 1.39 bits per heavy atom. The number of ether oxygens (including phenoxy) is 2. The molecule has 0 amide bonds. The summed E-state index contributed by atoms with van der Waals surface area (Å²) in [6, 6.07) is 0.625. The minimum absolute atomic E-state index is 0.326. The summed E-state index contributed by atoms with van der Waals surface area (Å²) in [5.41, 5.74) is 0.326. The maximum atomic E-state index is 5.83. The second kappa shape index (κ2) is 6.36. The summed E-state index contributed by atoms with van der Waals surface area (Å²) < 4.78 is 11.5. The summed E-state index contributed by atoms with van der Waals surface area (Å²) in [7, 11) is 0. The van der Waals surface area contributed by atoms with Gasteiger partial charge in [0.05, 0.1) is 12.2 Å². The van der Waals surface area contributed by atoms with E-state index in [2.05, 4.69) is 26.1 Å². The van der Waals surface area contributed by atoms with E-state index in [0.717, 1.165) is 26.2 Å². The van der Waals surface area contributed by atoms with E-state index in [9.17, 15) is 0 Å². The van der Waals surface area contributed by atoms with Crippen molar-refractivity contribution < 1.29 is 9.47 Å². The van der Waals surface area contributed by atoms with Crippen LogP contribution < -0.4 is 5.32 Å². The molecule has 2 rings (SSSR count). The first kappa shape index (κ1) is 14.3. The third-order valence-electron chi connectivity index (χ3n) is 4.99. The van der Waals surface area contributed by atoms with Gasteiger partial charge < -0.3 is 14.8 Å². The van der Waals surface area contributed by atoms with Crippen molar-refractivity contribution in [3.63, 3.8) is 0 Å². The van der Waals surface area contributed by atoms with Gasteiger partial charge in [-0.2, -0.15) is 0 Å². The highest BCUT2D eigenvalue weighted by molar-refractivity contribution is 5.04. The summed E-state index contributed by atoms with van der Waals surface area (Å²) in [4.78, 5) is 0. The number of rotatable bonds is 7. The highest BCUT2D eigenvalue weighted by Gasteiger charge is 2.50. The number of hydrogen-bond acceptors (Lipinski definition) is 3. The lowest BCUT2D eigenvalue weighted by molar-refractivity contribution is -0.125. The molecule has 1 aliphatic carbocycles. The zero-order valence-electron chi connectivity index (χ0n) is 12.2. The number of nitrogens with one attached hydrogen (secondary N) is 1. The van der Waals surface area contributed by atoms with Crippen molar-refractivity contribution in [1.82, 2.24) is 5.32 Å². The molecule has 0 bridgehead atoms. The molecule has 0 aromatic carbocycles. The summed E-state index contributed by atoms with van der Waals surface area (Å²) >= 11 is 0. The first-order valence-electron chi connectivity index (χ1n) is 7.67. The molecule has 1 saturated heterocycles. The van der Waals surface area contributed by atoms with Gasteiger partial charge in [-0.3, -0.25) is 0 Å². The Balaban J connectivity index is 1.69.